The topological polar surface area (TPSA) is 93.1 Å². The normalized spacial score (nSPS) is 17.1. The molecule has 0 saturated heterocycles. The monoisotopic (exact) mass is 440 g/mol. The van der Waals surface area contributed by atoms with Crippen LogP contribution in [0, 0.1) is 0 Å². The van der Waals surface area contributed by atoms with E-state index in [-0.39, 0.29) is 11.6 Å². The van der Waals surface area contributed by atoms with Crippen molar-refractivity contribution in [2.45, 2.75) is 74.9 Å². The third-order valence-corrected chi connectivity index (χ3v) is 6.76. The lowest BCUT2D eigenvalue weighted by molar-refractivity contribution is -0.119. The minimum Gasteiger partial charge on any atom is -0.335 e. The lowest BCUT2D eigenvalue weighted by atomic mass is 9.97. The van der Waals surface area contributed by atoms with Crippen LogP contribution in [0.3, 0.4) is 0 Å². The van der Waals surface area contributed by atoms with Crippen molar-refractivity contribution in [1.29, 1.82) is 0 Å². The van der Waals surface area contributed by atoms with Crippen molar-refractivity contribution in [3.63, 3.8) is 0 Å². The maximum absolute atomic E-state index is 13.2. The van der Waals surface area contributed by atoms with E-state index < -0.39 is 17.2 Å². The lowest BCUT2D eigenvalue weighted by Crippen LogP contribution is -2.43. The molecule has 1 atom stereocenters. The summed E-state index contributed by atoms with van der Waals surface area (Å²) in [4.78, 5) is 42.3. The fourth-order valence-electron chi connectivity index (χ4n) is 3.70. The summed E-state index contributed by atoms with van der Waals surface area (Å²) in [5.41, 5.74) is 1.90. The average Bonchev–Trinajstić information content (AvgIpc) is 3.58. The molecule has 2 aliphatic rings. The number of carbonyl (C=O) groups excluding carboxylic acids is 2. The van der Waals surface area contributed by atoms with Crippen molar-refractivity contribution in [1.82, 2.24) is 20.2 Å². The third-order valence-electron chi connectivity index (χ3n) is 5.67. The van der Waals surface area contributed by atoms with Crippen LogP contribution in [0.4, 0.5) is 4.79 Å². The van der Waals surface area contributed by atoms with Crippen molar-refractivity contribution >= 4 is 34.6 Å². The lowest BCUT2D eigenvalue weighted by Gasteiger charge is -2.18. The predicted octanol–water partition coefficient (Wildman–Crippen LogP) is 3.76. The molecule has 164 valence electrons. The van der Waals surface area contributed by atoms with E-state index in [4.69, 9.17) is 0 Å². The second-order valence-electron chi connectivity index (χ2n) is 8.22. The highest BCUT2D eigenvalue weighted by molar-refractivity contribution is 8.00. The molecule has 1 fully saturated rings. The Balaban J connectivity index is 1.54. The molecular weight excluding hydrogens is 412 g/mol. The molecule has 2 aromatic rings. The molecule has 2 N–H and O–H groups in total. The average molecular weight is 441 g/mol. The highest BCUT2D eigenvalue weighted by Crippen LogP contribution is 2.25. The van der Waals surface area contributed by atoms with Gasteiger partial charge in [0.1, 0.15) is 0 Å². The zero-order chi connectivity index (χ0) is 21.8. The maximum Gasteiger partial charge on any atom is 0.321 e. The number of hydrogen-bond acceptors (Lipinski definition) is 5. The predicted molar refractivity (Wildman–Crippen MR) is 122 cm³/mol. The molecule has 0 spiro atoms. The van der Waals surface area contributed by atoms with Crippen molar-refractivity contribution in [2.75, 3.05) is 0 Å². The van der Waals surface area contributed by atoms with Gasteiger partial charge in [-0.15, -0.1) is 0 Å². The first-order valence-electron chi connectivity index (χ1n) is 11.0. The molecule has 0 aliphatic heterocycles. The number of benzene rings is 1. The molecule has 1 heterocycles. The minimum absolute atomic E-state index is 0.0939. The van der Waals surface area contributed by atoms with Gasteiger partial charge >= 0.3 is 6.03 Å². The van der Waals surface area contributed by atoms with Crippen LogP contribution in [0.5, 0.6) is 0 Å². The van der Waals surface area contributed by atoms with E-state index in [1.54, 1.807) is 17.6 Å². The second-order valence-corrected chi connectivity index (χ2v) is 9.53. The molecule has 7 nitrogen and oxygen atoms in total. The molecule has 1 aromatic carbocycles. The number of hydrogen-bond donors (Lipinski definition) is 2. The summed E-state index contributed by atoms with van der Waals surface area (Å²) < 4.78 is 1.68. The van der Waals surface area contributed by atoms with Crippen molar-refractivity contribution < 1.29 is 9.59 Å². The van der Waals surface area contributed by atoms with Gasteiger partial charge in [-0.25, -0.2) is 9.78 Å². The van der Waals surface area contributed by atoms with Gasteiger partial charge in [0.2, 0.25) is 5.91 Å². The number of nitrogens with one attached hydrogen (secondary N) is 2. The Hall–Kier alpha value is -2.61. The fraction of sp³-hybridized carbons (Fsp3) is 0.478. The Morgan fingerprint density at radius 3 is 2.81 bits per heavy atom. The third kappa shape index (κ3) is 5.55. The molecule has 0 radical (unpaired) electrons. The molecular formula is C23H28N4O3S. The number of allylic oxidation sites excluding steroid dienone is 2. The van der Waals surface area contributed by atoms with Crippen LogP contribution in [0.2, 0.25) is 0 Å². The highest BCUT2D eigenvalue weighted by atomic mass is 32.2. The van der Waals surface area contributed by atoms with Crippen molar-refractivity contribution in [2.24, 2.45) is 0 Å². The number of para-hydroxylation sites is 1. The Bertz CT molecular complexity index is 1070. The van der Waals surface area contributed by atoms with Gasteiger partial charge in [-0.3, -0.25) is 19.5 Å². The first-order valence-corrected chi connectivity index (χ1v) is 11.8. The summed E-state index contributed by atoms with van der Waals surface area (Å²) in [7, 11) is 0. The fourth-order valence-corrected chi connectivity index (χ4v) is 4.63. The Kier molecular flexibility index (Phi) is 6.75. The number of urea groups is 1. The van der Waals surface area contributed by atoms with Crippen molar-refractivity contribution in [3.8, 4) is 0 Å². The molecule has 1 aromatic heterocycles. The van der Waals surface area contributed by atoms with Crippen molar-refractivity contribution in [3.05, 3.63) is 46.3 Å². The molecule has 0 bridgehead atoms. The number of carbonyl (C=O) groups is 2. The van der Waals surface area contributed by atoms with Gasteiger partial charge in [-0.05, 0) is 64.0 Å². The summed E-state index contributed by atoms with van der Waals surface area (Å²) >= 11 is 1.21. The molecule has 1 saturated carbocycles. The second kappa shape index (κ2) is 9.68. The molecule has 4 rings (SSSR count). The summed E-state index contributed by atoms with van der Waals surface area (Å²) in [5, 5.41) is 5.65. The van der Waals surface area contributed by atoms with Crippen LogP contribution in [-0.2, 0) is 11.3 Å². The number of nitrogens with zero attached hydrogens (tertiary/aromatic N) is 2. The number of imide groups is 1. The van der Waals surface area contributed by atoms with Gasteiger partial charge in [-0.1, -0.05) is 35.5 Å². The molecule has 31 heavy (non-hydrogen) atoms. The Labute approximate surface area is 185 Å². The standard InChI is InChI=1S/C23H28N4O3S/c1-15(20(28)26-22(30)24-17-11-12-17)31-23-25-19-10-6-5-9-18(19)21(29)27(23)14-13-16-7-3-2-4-8-16/h5-7,9-10,15,17H,2-4,8,11-14H2,1H3,(H2,24,26,28,30). The Morgan fingerprint density at radius 2 is 2.06 bits per heavy atom. The van der Waals surface area contributed by atoms with Gasteiger partial charge in [0, 0.05) is 12.6 Å². The molecule has 2 aliphatic carbocycles. The summed E-state index contributed by atoms with van der Waals surface area (Å²) in [5.74, 6) is -0.396. The first-order chi connectivity index (χ1) is 15.0. The Morgan fingerprint density at radius 1 is 1.26 bits per heavy atom. The SMILES string of the molecule is CC(Sc1nc2ccccc2c(=O)n1CCC1=CCCCC1)C(=O)NC(=O)NC1CC1. The first kappa shape index (κ1) is 21.6. The van der Waals surface area contributed by atoms with E-state index in [9.17, 15) is 14.4 Å². The summed E-state index contributed by atoms with van der Waals surface area (Å²) in [6.07, 6.45) is 9.59. The zero-order valence-corrected chi connectivity index (χ0v) is 18.5. The van der Waals surface area contributed by atoms with E-state index in [2.05, 4.69) is 21.7 Å². The zero-order valence-electron chi connectivity index (χ0n) is 17.7. The van der Waals surface area contributed by atoms with Crippen LogP contribution < -0.4 is 16.2 Å². The molecule has 3 amide bonds. The summed E-state index contributed by atoms with van der Waals surface area (Å²) in [6, 6.07) is 6.99. The summed E-state index contributed by atoms with van der Waals surface area (Å²) in [6.45, 7) is 2.25. The number of amides is 3. The van der Waals surface area contributed by atoms with Crippen LogP contribution in [-0.4, -0.2) is 32.8 Å². The van der Waals surface area contributed by atoms with E-state index >= 15 is 0 Å². The number of aromatic nitrogens is 2. The number of thioether (sulfide) groups is 1. The smallest absolute Gasteiger partial charge is 0.321 e. The molecule has 8 heteroatoms. The maximum atomic E-state index is 13.2. The van der Waals surface area contributed by atoms with E-state index in [1.807, 2.05) is 18.2 Å². The molecule has 1 unspecified atom stereocenters. The van der Waals surface area contributed by atoms with Gasteiger partial charge < -0.3 is 5.32 Å². The van der Waals surface area contributed by atoms with Gasteiger partial charge in [0.25, 0.3) is 5.56 Å². The number of rotatable bonds is 7. The quantitative estimate of drug-likeness (QED) is 0.389. The van der Waals surface area contributed by atoms with Crippen LogP contribution >= 0.6 is 11.8 Å². The van der Waals surface area contributed by atoms with E-state index in [0.717, 1.165) is 32.1 Å². The highest BCUT2D eigenvalue weighted by Gasteiger charge is 2.26. The number of fused-ring (bicyclic) bond motifs is 1. The minimum atomic E-state index is -0.571. The van der Waals surface area contributed by atoms with Crippen LogP contribution in [0.25, 0.3) is 10.9 Å². The van der Waals surface area contributed by atoms with Crippen LogP contribution in [0.15, 0.2) is 45.9 Å². The van der Waals surface area contributed by atoms with Gasteiger partial charge in [0.15, 0.2) is 5.16 Å². The van der Waals surface area contributed by atoms with E-state index in [0.29, 0.717) is 22.6 Å². The van der Waals surface area contributed by atoms with E-state index in [1.165, 1.54) is 30.2 Å². The van der Waals surface area contributed by atoms with Gasteiger partial charge in [0.05, 0.1) is 16.2 Å². The van der Waals surface area contributed by atoms with Crippen LogP contribution in [0.1, 0.15) is 51.9 Å². The van der Waals surface area contributed by atoms with Gasteiger partial charge in [-0.2, -0.15) is 0 Å². The largest absolute Gasteiger partial charge is 0.335 e.